The predicted octanol–water partition coefficient (Wildman–Crippen LogP) is 11.5. The molecule has 0 bridgehead atoms. The predicted molar refractivity (Wildman–Crippen MR) is 163 cm³/mol. The lowest BCUT2D eigenvalue weighted by molar-refractivity contribution is 0.0760. The summed E-state index contributed by atoms with van der Waals surface area (Å²) in [5.41, 5.74) is 7.58. The van der Waals surface area contributed by atoms with Crippen molar-refractivity contribution in [2.75, 3.05) is 0 Å². The van der Waals surface area contributed by atoms with E-state index in [4.69, 9.17) is 0 Å². The van der Waals surface area contributed by atoms with Crippen LogP contribution >= 0.6 is 0 Å². The van der Waals surface area contributed by atoms with Crippen LogP contribution in [-0.2, 0) is 6.42 Å². The highest BCUT2D eigenvalue weighted by molar-refractivity contribution is 5.64. The first-order valence-corrected chi connectivity index (χ1v) is 15.0. The quantitative estimate of drug-likeness (QED) is 0.215. The molecule has 0 aromatic heterocycles. The highest BCUT2D eigenvalue weighted by Gasteiger charge is 2.40. The summed E-state index contributed by atoms with van der Waals surface area (Å²) >= 11 is 0. The fourth-order valence-electron chi connectivity index (χ4n) is 6.81. The molecule has 0 radical (unpaired) electrons. The second-order valence-electron chi connectivity index (χ2n) is 12.2. The van der Waals surface area contributed by atoms with E-state index >= 15 is 0 Å². The minimum atomic E-state index is 0.479. The van der Waals surface area contributed by atoms with Crippen molar-refractivity contribution >= 4 is 5.57 Å². The highest BCUT2D eigenvalue weighted by atomic mass is 14.4. The minimum absolute atomic E-state index is 0.479. The SMILES string of the molecule is C=C/C=C\C(=C/C)C1CC(CCC)CC(CCCC)(CCCC(=C)c2ccc(CC(C)C)c(C)c2)C1. The largest absolute Gasteiger partial charge is 0.0991 e. The lowest BCUT2D eigenvalue weighted by Gasteiger charge is -2.46. The molecular formula is C36H56. The van der Waals surface area contributed by atoms with Gasteiger partial charge in [0.25, 0.3) is 0 Å². The molecule has 0 saturated heterocycles. The maximum Gasteiger partial charge on any atom is -0.0157 e. The summed E-state index contributed by atoms with van der Waals surface area (Å²) in [5, 5.41) is 0. The van der Waals surface area contributed by atoms with Crippen LogP contribution in [0.2, 0.25) is 0 Å². The van der Waals surface area contributed by atoms with Crippen molar-refractivity contribution in [3.05, 3.63) is 77.9 Å². The zero-order valence-corrected chi connectivity index (χ0v) is 24.7. The molecule has 0 aliphatic heterocycles. The smallest absolute Gasteiger partial charge is 0.0157 e. The van der Waals surface area contributed by atoms with Crippen molar-refractivity contribution < 1.29 is 0 Å². The van der Waals surface area contributed by atoms with E-state index < -0.39 is 0 Å². The number of benzene rings is 1. The van der Waals surface area contributed by atoms with E-state index in [0.29, 0.717) is 17.3 Å². The van der Waals surface area contributed by atoms with Crippen LogP contribution in [0.25, 0.3) is 5.57 Å². The Hall–Kier alpha value is -1.82. The molecule has 0 spiro atoms. The molecule has 36 heavy (non-hydrogen) atoms. The Morgan fingerprint density at radius 3 is 2.47 bits per heavy atom. The first-order chi connectivity index (χ1) is 17.3. The highest BCUT2D eigenvalue weighted by Crippen LogP contribution is 2.52. The molecule has 1 aliphatic carbocycles. The normalized spacial score (nSPS) is 22.9. The van der Waals surface area contributed by atoms with Gasteiger partial charge in [-0.05, 0) is 116 Å². The van der Waals surface area contributed by atoms with Gasteiger partial charge in [-0.1, -0.05) is 109 Å². The molecule has 200 valence electrons. The molecule has 3 atom stereocenters. The summed E-state index contributed by atoms with van der Waals surface area (Å²) in [6, 6.07) is 7.04. The average molecular weight is 489 g/mol. The van der Waals surface area contributed by atoms with E-state index in [2.05, 4.69) is 91.1 Å². The summed E-state index contributed by atoms with van der Waals surface area (Å²) in [5.74, 6) is 2.24. The fourth-order valence-corrected chi connectivity index (χ4v) is 6.81. The minimum Gasteiger partial charge on any atom is -0.0991 e. The molecule has 1 aromatic rings. The molecule has 0 heterocycles. The standard InChI is InChI=1S/C36H56/c1-9-13-18-32(12-4)35-25-31(16-11-3)26-36(27-35,21-14-10-2)22-15-17-29(7)34-20-19-33(23-28(5)6)30(8)24-34/h9,12-13,18-20,24,28,31,35H,1,7,10-11,14-17,21-23,25-27H2,2-6,8H3/b18-13-,32-12+. The van der Waals surface area contributed by atoms with E-state index in [-0.39, 0.29) is 0 Å². The van der Waals surface area contributed by atoms with E-state index in [1.54, 1.807) is 0 Å². The van der Waals surface area contributed by atoms with Crippen LogP contribution in [0.1, 0.15) is 122 Å². The Labute approximate surface area is 225 Å². The molecule has 0 N–H and O–H groups in total. The van der Waals surface area contributed by atoms with Crippen LogP contribution in [0.5, 0.6) is 0 Å². The number of hydrogen-bond donors (Lipinski definition) is 0. The van der Waals surface area contributed by atoms with Crippen LogP contribution in [-0.4, -0.2) is 0 Å². The Balaban J connectivity index is 2.16. The van der Waals surface area contributed by atoms with Gasteiger partial charge in [0.15, 0.2) is 0 Å². The molecule has 3 unspecified atom stereocenters. The molecule has 1 saturated carbocycles. The van der Waals surface area contributed by atoms with Crippen LogP contribution in [0.3, 0.4) is 0 Å². The van der Waals surface area contributed by atoms with Gasteiger partial charge in [0.1, 0.15) is 0 Å². The molecule has 0 amide bonds. The summed E-state index contributed by atoms with van der Waals surface area (Å²) in [4.78, 5) is 0. The third-order valence-corrected chi connectivity index (χ3v) is 8.57. The van der Waals surface area contributed by atoms with E-state index in [1.807, 2.05) is 6.08 Å². The summed E-state index contributed by atoms with van der Waals surface area (Å²) in [7, 11) is 0. The molecule has 1 aromatic carbocycles. The van der Waals surface area contributed by atoms with Crippen LogP contribution in [0.15, 0.2) is 61.2 Å². The van der Waals surface area contributed by atoms with Crippen LogP contribution < -0.4 is 0 Å². The number of rotatable bonds is 15. The molecule has 0 heteroatoms. The molecule has 0 nitrogen and oxygen atoms in total. The van der Waals surface area contributed by atoms with E-state index in [1.165, 1.54) is 92.0 Å². The molecule has 1 fully saturated rings. The van der Waals surface area contributed by atoms with E-state index in [9.17, 15) is 0 Å². The lowest BCUT2D eigenvalue weighted by atomic mass is 9.59. The van der Waals surface area contributed by atoms with Gasteiger partial charge in [-0.15, -0.1) is 0 Å². The second-order valence-corrected chi connectivity index (χ2v) is 12.2. The van der Waals surface area contributed by atoms with Crippen molar-refractivity contribution in [3.8, 4) is 0 Å². The second kappa shape index (κ2) is 15.4. The van der Waals surface area contributed by atoms with Crippen molar-refractivity contribution in [1.29, 1.82) is 0 Å². The lowest BCUT2D eigenvalue weighted by Crippen LogP contribution is -2.34. The average Bonchev–Trinajstić information content (AvgIpc) is 2.84. The van der Waals surface area contributed by atoms with Gasteiger partial charge < -0.3 is 0 Å². The van der Waals surface area contributed by atoms with E-state index in [0.717, 1.165) is 18.8 Å². The van der Waals surface area contributed by atoms with Gasteiger partial charge in [-0.3, -0.25) is 0 Å². The van der Waals surface area contributed by atoms with Crippen molar-refractivity contribution in [2.45, 2.75) is 119 Å². The Morgan fingerprint density at radius 2 is 1.86 bits per heavy atom. The number of allylic oxidation sites excluding steroid dienone is 6. The van der Waals surface area contributed by atoms with Gasteiger partial charge in [0.2, 0.25) is 0 Å². The summed E-state index contributed by atoms with van der Waals surface area (Å²) in [6.07, 6.45) is 24.5. The Bertz CT molecular complexity index is 879. The first-order valence-electron chi connectivity index (χ1n) is 15.0. The maximum absolute atomic E-state index is 4.53. The molecule has 2 rings (SSSR count). The maximum atomic E-state index is 4.53. The zero-order chi connectivity index (χ0) is 26.6. The molecular weight excluding hydrogens is 432 g/mol. The van der Waals surface area contributed by atoms with Gasteiger partial charge in [0.05, 0.1) is 0 Å². The number of hydrogen-bond acceptors (Lipinski definition) is 0. The Kier molecular flexibility index (Phi) is 13.0. The van der Waals surface area contributed by atoms with Gasteiger partial charge in [0, 0.05) is 0 Å². The third-order valence-electron chi connectivity index (χ3n) is 8.57. The van der Waals surface area contributed by atoms with Gasteiger partial charge >= 0.3 is 0 Å². The third kappa shape index (κ3) is 9.24. The molecule has 1 aliphatic rings. The van der Waals surface area contributed by atoms with Crippen LogP contribution in [0.4, 0.5) is 0 Å². The number of aryl methyl sites for hydroxylation is 1. The van der Waals surface area contributed by atoms with Gasteiger partial charge in [-0.2, -0.15) is 0 Å². The van der Waals surface area contributed by atoms with Crippen molar-refractivity contribution in [3.63, 3.8) is 0 Å². The summed E-state index contributed by atoms with van der Waals surface area (Å²) < 4.78 is 0. The van der Waals surface area contributed by atoms with Crippen LogP contribution in [0, 0.1) is 30.1 Å². The van der Waals surface area contributed by atoms with Crippen molar-refractivity contribution in [2.24, 2.45) is 23.2 Å². The van der Waals surface area contributed by atoms with Crippen molar-refractivity contribution in [1.82, 2.24) is 0 Å². The first kappa shape index (κ1) is 30.4. The fraction of sp³-hybridized carbons (Fsp3) is 0.611. The van der Waals surface area contributed by atoms with Gasteiger partial charge in [-0.25, -0.2) is 0 Å². The summed E-state index contributed by atoms with van der Waals surface area (Å²) in [6.45, 7) is 22.3. The Morgan fingerprint density at radius 1 is 1.11 bits per heavy atom. The zero-order valence-electron chi connectivity index (χ0n) is 24.7. The number of unbranched alkanes of at least 4 members (excludes halogenated alkanes) is 1. The topological polar surface area (TPSA) is 0 Å². The monoisotopic (exact) mass is 488 g/mol.